The van der Waals surface area contributed by atoms with E-state index in [1.165, 1.54) is 19.3 Å². The molecule has 1 saturated heterocycles. The Morgan fingerprint density at radius 1 is 0.946 bits per heavy atom. The van der Waals surface area contributed by atoms with Gasteiger partial charge in [-0.2, -0.15) is 0 Å². The highest BCUT2D eigenvalue weighted by Crippen LogP contribution is 2.43. The number of carbonyl (C=O) groups excluding carboxylic acids is 1. The number of benzene rings is 3. The van der Waals surface area contributed by atoms with Crippen molar-refractivity contribution in [1.29, 1.82) is 0 Å². The van der Waals surface area contributed by atoms with Gasteiger partial charge < -0.3 is 9.88 Å². The van der Waals surface area contributed by atoms with Crippen LogP contribution in [0.5, 0.6) is 0 Å². The third-order valence-corrected chi connectivity index (χ3v) is 7.67. The van der Waals surface area contributed by atoms with Crippen LogP contribution in [0, 0.1) is 0 Å². The zero-order chi connectivity index (χ0) is 25.5. The maximum Gasteiger partial charge on any atom is 0.198 e. The van der Waals surface area contributed by atoms with Crippen molar-refractivity contribution in [3.8, 4) is 0 Å². The van der Waals surface area contributed by atoms with Gasteiger partial charge in [0, 0.05) is 53.4 Å². The highest BCUT2D eigenvalue weighted by Gasteiger charge is 2.40. The summed E-state index contributed by atoms with van der Waals surface area (Å²) in [5.74, 6) is 0.226. The number of piperidine rings is 1. The van der Waals surface area contributed by atoms with E-state index >= 15 is 0 Å². The number of H-pyrrole nitrogens is 1. The van der Waals surface area contributed by atoms with Gasteiger partial charge in [-0.15, -0.1) is 5.10 Å². The number of Topliss-reactive ketones (excluding diaryl/α,β-unsaturated/α-hetero) is 1. The normalized spacial score (nSPS) is 18.0. The number of amidine groups is 1. The first kappa shape index (κ1) is 23.9. The molecule has 8 heteroatoms. The van der Waals surface area contributed by atoms with E-state index in [0.29, 0.717) is 15.9 Å². The van der Waals surface area contributed by atoms with Crippen LogP contribution in [-0.2, 0) is 4.79 Å². The molecule has 6 rings (SSSR count). The number of fused-ring (bicyclic) bond motifs is 1. The minimum atomic E-state index is -0.409. The summed E-state index contributed by atoms with van der Waals surface area (Å²) in [6.45, 7) is 3.56. The van der Waals surface area contributed by atoms with Crippen LogP contribution >= 0.6 is 23.2 Å². The molecule has 1 fully saturated rings. The maximum absolute atomic E-state index is 13.0. The Morgan fingerprint density at radius 2 is 1.68 bits per heavy atom. The summed E-state index contributed by atoms with van der Waals surface area (Å²) in [4.78, 5) is 20.7. The fraction of sp³-hybridized carbons (Fsp3) is 0.241. The molecule has 3 aromatic carbocycles. The first-order chi connectivity index (χ1) is 18.0. The molecule has 0 radical (unpaired) electrons. The van der Waals surface area contributed by atoms with Crippen LogP contribution < -0.4 is 14.8 Å². The van der Waals surface area contributed by atoms with Crippen molar-refractivity contribution in [2.75, 3.05) is 27.9 Å². The van der Waals surface area contributed by atoms with Crippen molar-refractivity contribution in [3.05, 3.63) is 88.5 Å². The van der Waals surface area contributed by atoms with Gasteiger partial charge in [0.1, 0.15) is 0 Å². The molecule has 1 N–H and O–H groups in total. The lowest BCUT2D eigenvalue weighted by molar-refractivity contribution is -0.111. The number of para-hydroxylation sites is 1. The van der Waals surface area contributed by atoms with Gasteiger partial charge >= 0.3 is 0 Å². The summed E-state index contributed by atoms with van der Waals surface area (Å²) in [5, 5.41) is 9.10. The number of hydrogen-bond donors (Lipinski definition) is 1. The zero-order valence-corrected chi connectivity index (χ0v) is 22.0. The fourth-order valence-electron chi connectivity index (χ4n) is 5.34. The van der Waals surface area contributed by atoms with E-state index in [2.05, 4.69) is 22.0 Å². The van der Waals surface area contributed by atoms with E-state index in [0.717, 1.165) is 46.6 Å². The van der Waals surface area contributed by atoms with E-state index in [1.54, 1.807) is 6.92 Å². The van der Waals surface area contributed by atoms with E-state index in [4.69, 9.17) is 28.3 Å². The maximum atomic E-state index is 13.0. The average molecular weight is 532 g/mol. The van der Waals surface area contributed by atoms with Crippen LogP contribution in [0.3, 0.4) is 0 Å². The molecule has 37 heavy (non-hydrogen) atoms. The summed E-state index contributed by atoms with van der Waals surface area (Å²) in [6.07, 6.45) is 5.18. The SMILES string of the molecule is CC(=O)C1=NN(c2ccc(Cl)cc2)[C@@H](c2c[nH]c3ccccc23)N1c1ccc(N2CCCCC2)c(Cl)c1. The van der Waals surface area contributed by atoms with Crippen molar-refractivity contribution in [3.63, 3.8) is 0 Å². The summed E-state index contributed by atoms with van der Waals surface area (Å²) in [6, 6.07) is 21.7. The first-order valence-corrected chi connectivity index (χ1v) is 13.3. The number of halogens is 2. The number of aromatic nitrogens is 1. The predicted octanol–water partition coefficient (Wildman–Crippen LogP) is 7.39. The number of aromatic amines is 1. The number of nitrogens with one attached hydrogen (secondary N) is 1. The molecular formula is C29H27Cl2N5O. The molecule has 0 saturated carbocycles. The summed E-state index contributed by atoms with van der Waals surface area (Å²) in [5.41, 5.74) is 4.69. The molecular weight excluding hydrogens is 505 g/mol. The number of ketones is 1. The summed E-state index contributed by atoms with van der Waals surface area (Å²) >= 11 is 13.1. The van der Waals surface area contributed by atoms with E-state index < -0.39 is 6.17 Å². The number of hydrazone groups is 1. The quantitative estimate of drug-likeness (QED) is 0.291. The van der Waals surface area contributed by atoms with E-state index in [9.17, 15) is 4.79 Å². The number of nitrogens with zero attached hydrogens (tertiary/aromatic N) is 4. The van der Waals surface area contributed by atoms with Gasteiger partial charge in [0.2, 0.25) is 0 Å². The van der Waals surface area contributed by atoms with Gasteiger partial charge in [0.25, 0.3) is 0 Å². The standard InChI is InChI=1S/C29H27Cl2N5O/c1-19(37)28-33-36(21-11-9-20(30)10-12-21)29(24-18-32-26-8-4-3-7-23(24)26)35(28)22-13-14-27(25(31)17-22)34-15-5-2-6-16-34/h3-4,7-14,17-18,29,32H,2,5-6,15-16H2,1H3/t29-/m0/s1. The number of carbonyl (C=O) groups is 1. The van der Waals surface area contributed by atoms with Crippen LogP contribution in [0.1, 0.15) is 37.9 Å². The van der Waals surface area contributed by atoms with Crippen molar-refractivity contribution >= 4 is 62.8 Å². The van der Waals surface area contributed by atoms with E-state index in [-0.39, 0.29) is 5.78 Å². The second-order valence-electron chi connectivity index (χ2n) is 9.52. The van der Waals surface area contributed by atoms with Crippen LogP contribution in [0.2, 0.25) is 10.0 Å². The Bertz CT molecular complexity index is 1490. The van der Waals surface area contributed by atoms with Crippen molar-refractivity contribution in [2.45, 2.75) is 32.4 Å². The predicted molar refractivity (Wildman–Crippen MR) is 153 cm³/mol. The molecule has 0 bridgehead atoms. The van der Waals surface area contributed by atoms with E-state index in [1.807, 2.05) is 70.7 Å². The Balaban J connectivity index is 1.50. The fourth-order valence-corrected chi connectivity index (χ4v) is 5.76. The molecule has 3 heterocycles. The number of anilines is 3. The van der Waals surface area contributed by atoms with Gasteiger partial charge in [-0.25, -0.2) is 5.01 Å². The molecule has 2 aliphatic heterocycles. The molecule has 1 aromatic heterocycles. The minimum absolute atomic E-state index is 0.127. The first-order valence-electron chi connectivity index (χ1n) is 12.6. The van der Waals surface area contributed by atoms with Crippen LogP contribution in [0.4, 0.5) is 17.1 Å². The molecule has 0 spiro atoms. The molecule has 4 aromatic rings. The van der Waals surface area contributed by atoms with Gasteiger partial charge in [0.15, 0.2) is 17.8 Å². The topological polar surface area (TPSA) is 54.9 Å². The van der Waals surface area contributed by atoms with Crippen molar-refractivity contribution in [1.82, 2.24) is 4.98 Å². The Hall–Kier alpha value is -3.48. The van der Waals surface area contributed by atoms with Crippen LogP contribution in [0.25, 0.3) is 10.9 Å². The number of rotatable bonds is 5. The van der Waals surface area contributed by atoms with Crippen molar-refractivity contribution in [2.24, 2.45) is 5.10 Å². The highest BCUT2D eigenvalue weighted by molar-refractivity contribution is 6.44. The monoisotopic (exact) mass is 531 g/mol. The number of hydrogen-bond acceptors (Lipinski definition) is 5. The third-order valence-electron chi connectivity index (χ3n) is 7.12. The molecule has 0 amide bonds. The zero-order valence-electron chi connectivity index (χ0n) is 20.5. The largest absolute Gasteiger partial charge is 0.370 e. The van der Waals surface area contributed by atoms with Gasteiger partial charge in [-0.3, -0.25) is 9.69 Å². The Morgan fingerprint density at radius 3 is 2.41 bits per heavy atom. The molecule has 0 unspecified atom stereocenters. The Labute approximate surface area is 226 Å². The van der Waals surface area contributed by atoms with Crippen molar-refractivity contribution < 1.29 is 4.79 Å². The van der Waals surface area contributed by atoms with Crippen LogP contribution in [0.15, 0.2) is 78.0 Å². The Kier molecular flexibility index (Phi) is 6.31. The molecule has 6 nitrogen and oxygen atoms in total. The molecule has 1 atom stereocenters. The molecule has 0 aliphatic carbocycles. The minimum Gasteiger partial charge on any atom is -0.370 e. The second kappa shape index (κ2) is 9.77. The van der Waals surface area contributed by atoms with Gasteiger partial charge in [-0.05, 0) is 67.8 Å². The average Bonchev–Trinajstić information content (AvgIpc) is 3.51. The van der Waals surface area contributed by atoms with Gasteiger partial charge in [-0.1, -0.05) is 41.4 Å². The summed E-state index contributed by atoms with van der Waals surface area (Å²) < 4.78 is 0. The third kappa shape index (κ3) is 4.34. The highest BCUT2D eigenvalue weighted by atomic mass is 35.5. The smallest absolute Gasteiger partial charge is 0.198 e. The lowest BCUT2D eigenvalue weighted by atomic mass is 10.1. The van der Waals surface area contributed by atoms with Gasteiger partial charge in [0.05, 0.1) is 16.4 Å². The summed E-state index contributed by atoms with van der Waals surface area (Å²) in [7, 11) is 0. The lowest BCUT2D eigenvalue weighted by Crippen LogP contribution is -2.38. The molecule has 188 valence electrons. The van der Waals surface area contributed by atoms with Crippen LogP contribution in [-0.4, -0.2) is 29.7 Å². The lowest BCUT2D eigenvalue weighted by Gasteiger charge is -2.33. The molecule has 2 aliphatic rings. The second-order valence-corrected chi connectivity index (χ2v) is 10.4.